The lowest BCUT2D eigenvalue weighted by atomic mass is 9.82. The van der Waals surface area contributed by atoms with Crippen LogP contribution < -0.4 is 5.56 Å². The van der Waals surface area contributed by atoms with Crippen LogP contribution in [0.5, 0.6) is 0 Å². The van der Waals surface area contributed by atoms with Gasteiger partial charge in [0.15, 0.2) is 0 Å². The van der Waals surface area contributed by atoms with E-state index in [0.717, 1.165) is 63.1 Å². The molecule has 0 unspecified atom stereocenters. The van der Waals surface area contributed by atoms with Crippen LogP contribution in [0.3, 0.4) is 0 Å². The first-order valence-corrected chi connectivity index (χ1v) is 11.6. The smallest absolute Gasteiger partial charge is 0.290 e. The SMILES string of the molecule is CN(CCc1cn[nH]c1)Cc1ccc2n(c1=O)C[C@H]1C[C@@H]2CN(C(=O)C2(C)CC2)C1.O=CO. The Balaban J connectivity index is 0.000000821. The van der Waals surface area contributed by atoms with Crippen molar-refractivity contribution in [3.63, 3.8) is 0 Å². The predicted octanol–water partition coefficient (Wildman–Crippen LogP) is 1.69. The molecule has 9 nitrogen and oxygen atoms in total. The molecular weight excluding hydrogens is 422 g/mol. The molecular formula is C24H33N5O4. The highest BCUT2D eigenvalue weighted by Gasteiger charge is 2.49. The van der Waals surface area contributed by atoms with E-state index in [2.05, 4.69) is 40.0 Å². The number of aromatic nitrogens is 3. The molecule has 178 valence electrons. The van der Waals surface area contributed by atoms with Crippen molar-refractivity contribution < 1.29 is 14.7 Å². The van der Waals surface area contributed by atoms with E-state index < -0.39 is 0 Å². The van der Waals surface area contributed by atoms with Crippen molar-refractivity contribution in [3.8, 4) is 0 Å². The molecule has 9 heteroatoms. The Morgan fingerprint density at radius 3 is 2.76 bits per heavy atom. The first kappa shape index (κ1) is 23.2. The molecule has 5 rings (SSSR count). The topological polar surface area (TPSA) is 112 Å². The molecule has 33 heavy (non-hydrogen) atoms. The first-order chi connectivity index (χ1) is 15.8. The third-order valence-corrected chi connectivity index (χ3v) is 7.26. The molecule has 1 amide bonds. The maximum Gasteiger partial charge on any atom is 0.290 e. The molecule has 1 saturated carbocycles. The van der Waals surface area contributed by atoms with Crippen molar-refractivity contribution in [3.05, 3.63) is 51.7 Å². The van der Waals surface area contributed by atoms with Crippen molar-refractivity contribution in [2.45, 2.75) is 51.6 Å². The van der Waals surface area contributed by atoms with Gasteiger partial charge in [0.05, 0.1) is 6.20 Å². The molecule has 2 N–H and O–H groups in total. The van der Waals surface area contributed by atoms with Gasteiger partial charge in [-0.1, -0.05) is 13.0 Å². The number of likely N-dealkylation sites (N-methyl/N-ethyl adjacent to an activating group) is 1. The fourth-order valence-corrected chi connectivity index (χ4v) is 5.16. The average molecular weight is 456 g/mol. The molecule has 0 aromatic carbocycles. The molecule has 2 fully saturated rings. The Kier molecular flexibility index (Phi) is 6.69. The zero-order chi connectivity index (χ0) is 23.6. The van der Waals surface area contributed by atoms with Crippen LogP contribution >= 0.6 is 0 Å². The number of carbonyl (C=O) groups excluding carboxylic acids is 1. The standard InChI is InChI=1S/C23H31N5O2.CH2O2/c1-23(6-7-23)22(30)27-12-17-9-19(15-27)20-4-3-18(21(29)28(20)13-17)14-26(2)8-5-16-10-24-25-11-16;2-1-3/h3-4,10-11,17,19H,5-9,12-15H2,1-2H3,(H,24,25);1H,(H,2,3)/t17-,19+;/m0./s1. The molecule has 2 bridgehead atoms. The Hall–Kier alpha value is -2.94. The van der Waals surface area contributed by atoms with Gasteiger partial charge in [-0.3, -0.25) is 19.5 Å². The van der Waals surface area contributed by atoms with Crippen LogP contribution in [0.25, 0.3) is 0 Å². The number of amides is 1. The predicted molar refractivity (Wildman–Crippen MR) is 123 cm³/mol. The van der Waals surface area contributed by atoms with E-state index >= 15 is 0 Å². The van der Waals surface area contributed by atoms with E-state index in [9.17, 15) is 9.59 Å². The lowest BCUT2D eigenvalue weighted by molar-refractivity contribution is -0.139. The highest BCUT2D eigenvalue weighted by atomic mass is 16.3. The maximum absolute atomic E-state index is 13.2. The summed E-state index contributed by atoms with van der Waals surface area (Å²) in [5.74, 6) is 0.988. The molecule has 1 saturated heterocycles. The molecule has 2 aromatic rings. The van der Waals surface area contributed by atoms with Gasteiger partial charge in [-0.2, -0.15) is 5.10 Å². The Morgan fingerprint density at radius 1 is 1.33 bits per heavy atom. The number of H-pyrrole nitrogens is 1. The van der Waals surface area contributed by atoms with Crippen LogP contribution in [0.2, 0.25) is 0 Å². The van der Waals surface area contributed by atoms with E-state index in [1.54, 1.807) is 0 Å². The summed E-state index contributed by atoms with van der Waals surface area (Å²) in [5, 5.41) is 13.7. The van der Waals surface area contributed by atoms with Crippen molar-refractivity contribution in [2.24, 2.45) is 11.3 Å². The lowest BCUT2D eigenvalue weighted by Gasteiger charge is -2.43. The second-order valence-electron chi connectivity index (χ2n) is 9.97. The average Bonchev–Trinajstić information content (AvgIpc) is 3.32. The van der Waals surface area contributed by atoms with Crippen LogP contribution in [0.1, 0.15) is 48.9 Å². The summed E-state index contributed by atoms with van der Waals surface area (Å²) < 4.78 is 2.00. The van der Waals surface area contributed by atoms with E-state index in [1.165, 1.54) is 5.56 Å². The Morgan fingerprint density at radius 2 is 2.09 bits per heavy atom. The van der Waals surface area contributed by atoms with Gasteiger partial charge in [0.1, 0.15) is 0 Å². The zero-order valence-corrected chi connectivity index (χ0v) is 19.4. The molecule has 0 spiro atoms. The van der Waals surface area contributed by atoms with Gasteiger partial charge in [-0.15, -0.1) is 0 Å². The minimum atomic E-state index is -0.250. The van der Waals surface area contributed by atoms with Crippen molar-refractivity contribution in [2.75, 3.05) is 26.7 Å². The van der Waals surface area contributed by atoms with Crippen LogP contribution in [-0.4, -0.2) is 68.7 Å². The van der Waals surface area contributed by atoms with Gasteiger partial charge in [0.25, 0.3) is 12.0 Å². The van der Waals surface area contributed by atoms with Crippen molar-refractivity contribution in [1.82, 2.24) is 24.6 Å². The number of rotatable bonds is 6. The molecule has 2 aromatic heterocycles. The molecule has 4 heterocycles. The normalized spacial score (nSPS) is 22.2. The summed E-state index contributed by atoms with van der Waals surface area (Å²) in [6, 6.07) is 4.14. The van der Waals surface area contributed by atoms with Gasteiger partial charge in [-0.05, 0) is 50.3 Å². The minimum absolute atomic E-state index is 0.115. The van der Waals surface area contributed by atoms with Crippen LogP contribution in [0.15, 0.2) is 29.3 Å². The quantitative estimate of drug-likeness (QED) is 0.642. The Bertz CT molecular complexity index is 1040. The van der Waals surface area contributed by atoms with E-state index in [0.29, 0.717) is 18.4 Å². The van der Waals surface area contributed by atoms with Crippen LogP contribution in [-0.2, 0) is 29.1 Å². The van der Waals surface area contributed by atoms with E-state index in [-0.39, 0.29) is 23.4 Å². The van der Waals surface area contributed by atoms with E-state index in [1.807, 2.05) is 23.0 Å². The summed E-state index contributed by atoms with van der Waals surface area (Å²) in [7, 11) is 2.06. The summed E-state index contributed by atoms with van der Waals surface area (Å²) in [6.45, 7) is 5.66. The minimum Gasteiger partial charge on any atom is -0.483 e. The largest absolute Gasteiger partial charge is 0.483 e. The molecule has 2 aliphatic heterocycles. The third kappa shape index (κ3) is 5.03. The van der Waals surface area contributed by atoms with Crippen molar-refractivity contribution in [1.29, 1.82) is 0 Å². The third-order valence-electron chi connectivity index (χ3n) is 7.26. The number of hydrogen-bond acceptors (Lipinski definition) is 5. The number of nitrogens with zero attached hydrogens (tertiary/aromatic N) is 4. The second-order valence-corrected chi connectivity index (χ2v) is 9.97. The number of nitrogens with one attached hydrogen (secondary N) is 1. The number of likely N-dealkylation sites (tertiary alicyclic amines) is 1. The fourth-order valence-electron chi connectivity index (χ4n) is 5.16. The summed E-state index contributed by atoms with van der Waals surface area (Å²) in [5.41, 5.74) is 3.17. The fraction of sp³-hybridized carbons (Fsp3) is 0.583. The molecule has 1 aliphatic carbocycles. The molecule has 0 radical (unpaired) electrons. The zero-order valence-electron chi connectivity index (χ0n) is 19.4. The van der Waals surface area contributed by atoms with Crippen LogP contribution in [0, 0.1) is 11.3 Å². The monoisotopic (exact) mass is 455 g/mol. The molecule has 3 aliphatic rings. The van der Waals surface area contributed by atoms with Gasteiger partial charge in [-0.25, -0.2) is 0 Å². The van der Waals surface area contributed by atoms with Crippen LogP contribution in [0.4, 0.5) is 0 Å². The Labute approximate surface area is 193 Å². The number of pyridine rings is 1. The highest BCUT2D eigenvalue weighted by molar-refractivity contribution is 5.85. The lowest BCUT2D eigenvalue weighted by Crippen LogP contribution is -2.51. The molecule has 2 atom stereocenters. The summed E-state index contributed by atoms with van der Waals surface area (Å²) in [6.07, 6.45) is 7.79. The number of piperidine rings is 1. The number of carboxylic acid groups (broad SMARTS) is 1. The summed E-state index contributed by atoms with van der Waals surface area (Å²) >= 11 is 0. The summed E-state index contributed by atoms with van der Waals surface area (Å²) in [4.78, 5) is 38.7. The van der Waals surface area contributed by atoms with Gasteiger partial charge < -0.3 is 19.5 Å². The van der Waals surface area contributed by atoms with E-state index in [4.69, 9.17) is 9.90 Å². The van der Waals surface area contributed by atoms with Gasteiger partial charge in [0.2, 0.25) is 5.91 Å². The van der Waals surface area contributed by atoms with Crippen molar-refractivity contribution >= 4 is 12.4 Å². The number of hydrogen-bond donors (Lipinski definition) is 2. The second kappa shape index (κ2) is 9.51. The number of aromatic amines is 1. The number of fused-ring (bicyclic) bond motifs is 4. The van der Waals surface area contributed by atoms with Gasteiger partial charge in [0, 0.05) is 61.5 Å². The first-order valence-electron chi connectivity index (χ1n) is 11.6. The maximum atomic E-state index is 13.2. The van der Waals surface area contributed by atoms with Gasteiger partial charge >= 0.3 is 0 Å². The number of carbonyl (C=O) groups is 2. The highest BCUT2D eigenvalue weighted by Crippen LogP contribution is 2.48.